The molecular weight excluding hydrogens is 190 g/mol. The highest BCUT2D eigenvalue weighted by molar-refractivity contribution is 5.41. The van der Waals surface area contributed by atoms with Gasteiger partial charge in [-0.2, -0.15) is 0 Å². The van der Waals surface area contributed by atoms with E-state index < -0.39 is 0 Å². The quantitative estimate of drug-likeness (QED) is 0.786. The summed E-state index contributed by atoms with van der Waals surface area (Å²) in [5.74, 6) is 0. The number of rotatable bonds is 3. The molecule has 0 aromatic carbocycles. The van der Waals surface area contributed by atoms with E-state index in [1.807, 2.05) is 12.1 Å². The van der Waals surface area contributed by atoms with Gasteiger partial charge in [-0.1, -0.05) is 0 Å². The van der Waals surface area contributed by atoms with Crippen molar-refractivity contribution in [1.82, 2.24) is 9.88 Å². The van der Waals surface area contributed by atoms with Crippen molar-refractivity contribution >= 4 is 5.69 Å². The third kappa shape index (κ3) is 2.91. The summed E-state index contributed by atoms with van der Waals surface area (Å²) in [6.45, 7) is 4.75. The van der Waals surface area contributed by atoms with E-state index >= 15 is 0 Å². The molecule has 1 fully saturated rings. The van der Waals surface area contributed by atoms with Crippen molar-refractivity contribution in [3.63, 3.8) is 0 Å². The number of morpholine rings is 1. The van der Waals surface area contributed by atoms with Gasteiger partial charge in [0.25, 0.3) is 0 Å². The summed E-state index contributed by atoms with van der Waals surface area (Å²) in [7, 11) is 0. The van der Waals surface area contributed by atoms with Crippen LogP contribution >= 0.6 is 0 Å². The number of hydrogen-bond acceptors (Lipinski definition) is 4. The Morgan fingerprint density at radius 3 is 2.93 bits per heavy atom. The van der Waals surface area contributed by atoms with Crippen molar-refractivity contribution in [3.05, 3.63) is 24.0 Å². The third-order valence-corrected chi connectivity index (χ3v) is 2.69. The lowest BCUT2D eigenvalue weighted by Gasteiger charge is -2.26. The van der Waals surface area contributed by atoms with Crippen LogP contribution in [0.1, 0.15) is 5.69 Å². The van der Waals surface area contributed by atoms with Gasteiger partial charge < -0.3 is 10.5 Å². The second-order valence-electron chi connectivity index (χ2n) is 3.74. The summed E-state index contributed by atoms with van der Waals surface area (Å²) >= 11 is 0. The highest BCUT2D eigenvalue weighted by Crippen LogP contribution is 2.08. The smallest absolute Gasteiger partial charge is 0.0645 e. The fourth-order valence-corrected chi connectivity index (χ4v) is 1.75. The molecule has 4 nitrogen and oxygen atoms in total. The molecule has 0 spiro atoms. The second kappa shape index (κ2) is 5.09. The normalized spacial score (nSPS) is 17.9. The standard InChI is InChI=1S/C11H17N3O/c12-10-2-1-4-13-11(10)3-5-14-6-8-15-9-7-14/h1-2,4H,3,5-9,12H2. The first-order valence-corrected chi connectivity index (χ1v) is 5.36. The number of ether oxygens (including phenoxy) is 1. The first kappa shape index (κ1) is 10.4. The molecule has 1 aliphatic heterocycles. The van der Waals surface area contributed by atoms with Gasteiger partial charge in [-0.05, 0) is 12.1 Å². The predicted molar refractivity (Wildman–Crippen MR) is 59.6 cm³/mol. The molecule has 2 N–H and O–H groups in total. The summed E-state index contributed by atoms with van der Waals surface area (Å²) in [6, 6.07) is 3.77. The molecule has 2 rings (SSSR count). The van der Waals surface area contributed by atoms with Crippen molar-refractivity contribution < 1.29 is 4.74 Å². The summed E-state index contributed by atoms with van der Waals surface area (Å²) < 4.78 is 5.29. The van der Waals surface area contributed by atoms with Crippen LogP contribution in [0, 0.1) is 0 Å². The lowest BCUT2D eigenvalue weighted by Crippen LogP contribution is -2.37. The zero-order chi connectivity index (χ0) is 10.5. The van der Waals surface area contributed by atoms with Gasteiger partial charge in [-0.3, -0.25) is 9.88 Å². The van der Waals surface area contributed by atoms with Gasteiger partial charge in [0.05, 0.1) is 24.6 Å². The first-order chi connectivity index (χ1) is 7.36. The van der Waals surface area contributed by atoms with Crippen LogP contribution in [0.15, 0.2) is 18.3 Å². The molecular formula is C11H17N3O. The predicted octanol–water partition coefficient (Wildman–Crippen LogP) is 0.538. The molecule has 0 aliphatic carbocycles. The van der Waals surface area contributed by atoms with Gasteiger partial charge >= 0.3 is 0 Å². The van der Waals surface area contributed by atoms with E-state index in [1.165, 1.54) is 0 Å². The molecule has 2 heterocycles. The van der Waals surface area contributed by atoms with Crippen LogP contribution < -0.4 is 5.73 Å². The molecule has 82 valence electrons. The molecule has 0 atom stereocenters. The lowest BCUT2D eigenvalue weighted by molar-refractivity contribution is 0.0383. The van der Waals surface area contributed by atoms with E-state index in [9.17, 15) is 0 Å². The van der Waals surface area contributed by atoms with Crippen molar-refractivity contribution in [2.24, 2.45) is 0 Å². The average molecular weight is 207 g/mol. The van der Waals surface area contributed by atoms with E-state index in [4.69, 9.17) is 10.5 Å². The highest BCUT2D eigenvalue weighted by Gasteiger charge is 2.10. The third-order valence-electron chi connectivity index (χ3n) is 2.69. The molecule has 0 amide bonds. The number of pyridine rings is 1. The summed E-state index contributed by atoms with van der Waals surface area (Å²) in [6.07, 6.45) is 2.72. The molecule has 0 saturated carbocycles. The first-order valence-electron chi connectivity index (χ1n) is 5.36. The van der Waals surface area contributed by atoms with Crippen molar-refractivity contribution in [2.45, 2.75) is 6.42 Å². The molecule has 1 aromatic rings. The Bertz CT molecular complexity index is 310. The number of nitrogens with two attached hydrogens (primary N) is 1. The van der Waals surface area contributed by atoms with Gasteiger partial charge in [0.2, 0.25) is 0 Å². The van der Waals surface area contributed by atoms with E-state index in [-0.39, 0.29) is 0 Å². The Hall–Kier alpha value is -1.13. The van der Waals surface area contributed by atoms with Crippen LogP contribution in [0.5, 0.6) is 0 Å². The number of hydrogen-bond donors (Lipinski definition) is 1. The van der Waals surface area contributed by atoms with Crippen LogP contribution in [0.4, 0.5) is 5.69 Å². The summed E-state index contributed by atoms with van der Waals surface area (Å²) in [5.41, 5.74) is 7.63. The highest BCUT2D eigenvalue weighted by atomic mass is 16.5. The zero-order valence-corrected chi connectivity index (χ0v) is 8.85. The van der Waals surface area contributed by atoms with Crippen molar-refractivity contribution in [1.29, 1.82) is 0 Å². The Morgan fingerprint density at radius 2 is 2.20 bits per heavy atom. The second-order valence-corrected chi connectivity index (χ2v) is 3.74. The van der Waals surface area contributed by atoms with E-state index in [2.05, 4.69) is 9.88 Å². The molecule has 0 unspecified atom stereocenters. The van der Waals surface area contributed by atoms with E-state index in [1.54, 1.807) is 6.20 Å². The molecule has 1 aliphatic rings. The van der Waals surface area contributed by atoms with E-state index in [0.717, 1.165) is 50.7 Å². The van der Waals surface area contributed by atoms with Gasteiger partial charge in [-0.25, -0.2) is 0 Å². The largest absolute Gasteiger partial charge is 0.397 e. The maximum atomic E-state index is 5.83. The summed E-state index contributed by atoms with van der Waals surface area (Å²) in [4.78, 5) is 6.67. The minimum atomic E-state index is 0.797. The molecule has 4 heteroatoms. The van der Waals surface area contributed by atoms with Crippen LogP contribution in [0.2, 0.25) is 0 Å². The van der Waals surface area contributed by atoms with Crippen LogP contribution in [0.25, 0.3) is 0 Å². The maximum Gasteiger partial charge on any atom is 0.0645 e. The Labute approximate surface area is 90.0 Å². The monoisotopic (exact) mass is 207 g/mol. The Morgan fingerprint density at radius 1 is 1.40 bits per heavy atom. The topological polar surface area (TPSA) is 51.4 Å². The lowest BCUT2D eigenvalue weighted by atomic mass is 10.2. The van der Waals surface area contributed by atoms with Gasteiger partial charge in [0.15, 0.2) is 0 Å². The molecule has 0 bridgehead atoms. The molecule has 1 aromatic heterocycles. The fraction of sp³-hybridized carbons (Fsp3) is 0.545. The average Bonchev–Trinajstić information content (AvgIpc) is 2.29. The summed E-state index contributed by atoms with van der Waals surface area (Å²) in [5, 5.41) is 0. The van der Waals surface area contributed by atoms with Crippen molar-refractivity contribution in [2.75, 3.05) is 38.6 Å². The molecule has 0 radical (unpaired) electrons. The Balaban J connectivity index is 1.84. The molecule has 1 saturated heterocycles. The SMILES string of the molecule is Nc1cccnc1CCN1CCOCC1. The minimum Gasteiger partial charge on any atom is -0.397 e. The van der Waals surface area contributed by atoms with E-state index in [0.29, 0.717) is 0 Å². The molecule has 15 heavy (non-hydrogen) atoms. The van der Waals surface area contributed by atoms with Crippen LogP contribution in [-0.4, -0.2) is 42.7 Å². The van der Waals surface area contributed by atoms with Crippen LogP contribution in [-0.2, 0) is 11.2 Å². The minimum absolute atomic E-state index is 0.797. The van der Waals surface area contributed by atoms with Gasteiger partial charge in [-0.15, -0.1) is 0 Å². The van der Waals surface area contributed by atoms with Gasteiger partial charge in [0, 0.05) is 32.3 Å². The number of nitrogen functional groups attached to an aromatic ring is 1. The van der Waals surface area contributed by atoms with Gasteiger partial charge in [0.1, 0.15) is 0 Å². The fourth-order valence-electron chi connectivity index (χ4n) is 1.75. The van der Waals surface area contributed by atoms with Crippen LogP contribution in [0.3, 0.4) is 0 Å². The number of aromatic nitrogens is 1. The van der Waals surface area contributed by atoms with Crippen molar-refractivity contribution in [3.8, 4) is 0 Å². The number of nitrogens with zero attached hydrogens (tertiary/aromatic N) is 2. The zero-order valence-electron chi connectivity index (χ0n) is 8.85. The number of anilines is 1. The maximum absolute atomic E-state index is 5.83. The Kier molecular flexibility index (Phi) is 3.53.